The van der Waals surface area contributed by atoms with Gasteiger partial charge in [0.1, 0.15) is 0 Å². The van der Waals surface area contributed by atoms with E-state index in [1.807, 2.05) is 0 Å². The molecule has 0 saturated heterocycles. The lowest BCUT2D eigenvalue weighted by Gasteiger charge is -2.15. The fraction of sp³-hybridized carbons (Fsp3) is 0.200. The van der Waals surface area contributed by atoms with E-state index in [0.717, 1.165) is 4.88 Å². The van der Waals surface area contributed by atoms with Crippen molar-refractivity contribution in [2.45, 2.75) is 18.9 Å². The Balaban J connectivity index is 2.16. The Morgan fingerprint density at radius 1 is 1.04 bits per heavy atom. The number of carbonyl (C=O) groups excluding carboxylic acids is 1. The van der Waals surface area contributed by atoms with Crippen LogP contribution >= 0.6 is 23.6 Å². The van der Waals surface area contributed by atoms with Crippen molar-refractivity contribution in [1.29, 1.82) is 0 Å². The van der Waals surface area contributed by atoms with E-state index in [1.54, 1.807) is 17.5 Å². The molecule has 0 aliphatic heterocycles. The molecule has 0 spiro atoms. The second-order valence-corrected chi connectivity index (χ2v) is 6.45. The van der Waals surface area contributed by atoms with Crippen molar-refractivity contribution in [1.82, 2.24) is 5.32 Å². The summed E-state index contributed by atoms with van der Waals surface area (Å²) in [7, 11) is 0. The van der Waals surface area contributed by atoms with Gasteiger partial charge in [0.05, 0.1) is 17.7 Å². The SMILES string of the molecule is O=C(NCc1cccs1)C(=S)Nc1cc(C(F)(F)F)cc(C(F)(F)F)c1. The summed E-state index contributed by atoms with van der Waals surface area (Å²) in [6.07, 6.45) is -9.97. The maximum Gasteiger partial charge on any atom is 0.416 e. The van der Waals surface area contributed by atoms with Crippen LogP contribution in [0.15, 0.2) is 35.7 Å². The highest BCUT2D eigenvalue weighted by atomic mass is 32.1. The smallest absolute Gasteiger partial charge is 0.345 e. The van der Waals surface area contributed by atoms with Gasteiger partial charge in [0.25, 0.3) is 5.91 Å². The van der Waals surface area contributed by atoms with Crippen molar-refractivity contribution >= 4 is 40.1 Å². The molecule has 3 nitrogen and oxygen atoms in total. The first-order valence-electron chi connectivity index (χ1n) is 6.88. The van der Waals surface area contributed by atoms with Gasteiger partial charge in [0.2, 0.25) is 0 Å². The second kappa shape index (κ2) is 7.62. The maximum absolute atomic E-state index is 12.8. The molecule has 0 fully saturated rings. The summed E-state index contributed by atoms with van der Waals surface area (Å²) >= 11 is 6.11. The predicted octanol–water partition coefficient (Wildman–Crippen LogP) is 4.84. The van der Waals surface area contributed by atoms with Gasteiger partial charge >= 0.3 is 12.4 Å². The summed E-state index contributed by atoms with van der Waals surface area (Å²) in [5, 5.41) is 6.31. The van der Waals surface area contributed by atoms with Crippen molar-refractivity contribution in [3.63, 3.8) is 0 Å². The molecule has 2 N–H and O–H groups in total. The Kier molecular flexibility index (Phi) is 5.91. The third-order valence-electron chi connectivity index (χ3n) is 3.06. The Morgan fingerprint density at radius 2 is 1.62 bits per heavy atom. The van der Waals surface area contributed by atoms with E-state index in [9.17, 15) is 31.1 Å². The summed E-state index contributed by atoms with van der Waals surface area (Å²) in [5.74, 6) is -0.820. The van der Waals surface area contributed by atoms with E-state index in [2.05, 4.69) is 10.6 Å². The maximum atomic E-state index is 12.8. The number of halogens is 6. The van der Waals surface area contributed by atoms with E-state index in [1.165, 1.54) is 11.3 Å². The lowest BCUT2D eigenvalue weighted by Crippen LogP contribution is -2.33. The molecule has 0 aliphatic carbocycles. The first-order valence-corrected chi connectivity index (χ1v) is 8.16. The van der Waals surface area contributed by atoms with Gasteiger partial charge in [0, 0.05) is 10.6 Å². The quantitative estimate of drug-likeness (QED) is 0.560. The van der Waals surface area contributed by atoms with E-state index in [0.29, 0.717) is 12.1 Å². The Morgan fingerprint density at radius 3 is 2.08 bits per heavy atom. The van der Waals surface area contributed by atoms with E-state index in [-0.39, 0.29) is 12.6 Å². The van der Waals surface area contributed by atoms with Gasteiger partial charge in [-0.25, -0.2) is 0 Å². The van der Waals surface area contributed by atoms with Gasteiger partial charge in [-0.1, -0.05) is 18.3 Å². The minimum Gasteiger partial charge on any atom is -0.345 e. The number of amides is 1. The number of rotatable bonds is 3. The summed E-state index contributed by atoms with van der Waals surface area (Å²) in [5.41, 5.74) is -3.59. The average Bonchev–Trinajstić information content (AvgIpc) is 3.04. The predicted molar refractivity (Wildman–Crippen MR) is 88.8 cm³/mol. The fourth-order valence-electron chi connectivity index (χ4n) is 1.88. The highest BCUT2D eigenvalue weighted by molar-refractivity contribution is 7.82. The average molecular weight is 412 g/mol. The van der Waals surface area contributed by atoms with Crippen LogP contribution in [0.1, 0.15) is 16.0 Å². The lowest BCUT2D eigenvalue weighted by molar-refractivity contribution is -0.143. The number of carbonyl (C=O) groups is 1. The van der Waals surface area contributed by atoms with Crippen LogP contribution < -0.4 is 10.6 Å². The Labute approximate surface area is 153 Å². The molecule has 0 radical (unpaired) electrons. The molecule has 1 aromatic carbocycles. The van der Waals surface area contributed by atoms with E-state index in [4.69, 9.17) is 12.2 Å². The first-order chi connectivity index (χ1) is 12.0. The van der Waals surface area contributed by atoms with Crippen molar-refractivity contribution in [2.75, 3.05) is 5.32 Å². The third kappa shape index (κ3) is 5.43. The Hall–Kier alpha value is -2.14. The van der Waals surface area contributed by atoms with E-state index < -0.39 is 40.1 Å². The van der Waals surface area contributed by atoms with Crippen LogP contribution in [0.2, 0.25) is 0 Å². The molecule has 2 rings (SSSR count). The minimum absolute atomic E-state index is 0.00884. The molecule has 11 heteroatoms. The highest BCUT2D eigenvalue weighted by Gasteiger charge is 2.37. The molecule has 0 saturated carbocycles. The van der Waals surface area contributed by atoms with Gasteiger partial charge in [-0.15, -0.1) is 11.3 Å². The highest BCUT2D eigenvalue weighted by Crippen LogP contribution is 2.37. The molecule has 0 bridgehead atoms. The number of hydrogen-bond acceptors (Lipinski definition) is 3. The molecular formula is C15H10F6N2OS2. The number of thiophene rings is 1. The molecule has 2 aromatic rings. The minimum atomic E-state index is -4.99. The third-order valence-corrected chi connectivity index (χ3v) is 4.22. The van der Waals surface area contributed by atoms with Crippen molar-refractivity contribution < 1.29 is 31.1 Å². The zero-order chi connectivity index (χ0) is 19.5. The van der Waals surface area contributed by atoms with Crippen LogP contribution in [0, 0.1) is 0 Å². The van der Waals surface area contributed by atoms with Crippen molar-refractivity contribution in [2.24, 2.45) is 0 Å². The molecule has 1 heterocycles. The largest absolute Gasteiger partial charge is 0.416 e. The summed E-state index contributed by atoms with van der Waals surface area (Å²) in [6.45, 7) is 0.134. The zero-order valence-corrected chi connectivity index (χ0v) is 14.3. The summed E-state index contributed by atoms with van der Waals surface area (Å²) in [6, 6.07) is 4.39. The normalized spacial score (nSPS) is 11.9. The zero-order valence-electron chi connectivity index (χ0n) is 12.7. The second-order valence-electron chi connectivity index (χ2n) is 5.01. The lowest BCUT2D eigenvalue weighted by atomic mass is 10.1. The number of anilines is 1. The molecule has 140 valence electrons. The fourth-order valence-corrected chi connectivity index (χ4v) is 2.71. The van der Waals surface area contributed by atoms with Crippen molar-refractivity contribution in [3.05, 3.63) is 51.7 Å². The van der Waals surface area contributed by atoms with Gasteiger partial charge in [0.15, 0.2) is 4.99 Å². The molecule has 0 unspecified atom stereocenters. The summed E-state index contributed by atoms with van der Waals surface area (Å²) in [4.78, 5) is 12.1. The Bertz CT molecular complexity index is 767. The van der Waals surface area contributed by atoms with Crippen molar-refractivity contribution in [3.8, 4) is 0 Å². The van der Waals surface area contributed by atoms with Crippen LogP contribution in [0.25, 0.3) is 0 Å². The number of hydrogen-bond donors (Lipinski definition) is 2. The number of benzene rings is 1. The molecular weight excluding hydrogens is 402 g/mol. The van der Waals surface area contributed by atoms with Gasteiger partial charge in [-0.05, 0) is 29.6 Å². The van der Waals surface area contributed by atoms with Crippen LogP contribution in [0.4, 0.5) is 32.0 Å². The molecule has 1 aromatic heterocycles. The number of thiocarbonyl (C=S) groups is 1. The molecule has 1 amide bonds. The van der Waals surface area contributed by atoms with Crippen LogP contribution in [0.5, 0.6) is 0 Å². The molecule has 0 atom stereocenters. The topological polar surface area (TPSA) is 41.1 Å². The van der Waals surface area contributed by atoms with Crippen LogP contribution in [-0.4, -0.2) is 10.9 Å². The first kappa shape index (κ1) is 20.2. The van der Waals surface area contributed by atoms with Crippen LogP contribution in [0.3, 0.4) is 0 Å². The standard InChI is InChI=1S/C15H10F6N2OS2/c16-14(17,18)8-4-9(15(19,20)21)6-10(5-8)23-13(25)12(24)22-7-11-2-1-3-26-11/h1-6H,7H2,(H,22,24)(H,23,25). The molecule has 0 aliphatic rings. The summed E-state index contributed by atoms with van der Waals surface area (Å²) < 4.78 is 76.8. The number of alkyl halides is 6. The van der Waals surface area contributed by atoms with E-state index >= 15 is 0 Å². The monoisotopic (exact) mass is 412 g/mol. The van der Waals surface area contributed by atoms with Crippen LogP contribution in [-0.2, 0) is 23.7 Å². The van der Waals surface area contributed by atoms with Gasteiger partial charge in [-0.2, -0.15) is 26.3 Å². The molecule has 26 heavy (non-hydrogen) atoms. The number of nitrogens with one attached hydrogen (secondary N) is 2. The van der Waals surface area contributed by atoms with Gasteiger partial charge in [-0.3, -0.25) is 4.79 Å². The van der Waals surface area contributed by atoms with Gasteiger partial charge < -0.3 is 10.6 Å².